The number of aryl methyl sites for hydroxylation is 1. The highest BCUT2D eigenvalue weighted by Crippen LogP contribution is 2.34. The molecule has 0 saturated heterocycles. The van der Waals surface area contributed by atoms with Gasteiger partial charge in [0.1, 0.15) is 11.6 Å². The number of rotatable bonds is 4. The third kappa shape index (κ3) is 3.99. The van der Waals surface area contributed by atoms with Crippen molar-refractivity contribution in [3.63, 3.8) is 0 Å². The Hall–Kier alpha value is -6.01. The average molecular weight is 581 g/mol. The van der Waals surface area contributed by atoms with Crippen LogP contribution in [0.3, 0.4) is 0 Å². The summed E-state index contributed by atoms with van der Waals surface area (Å²) < 4.78 is 4.49. The maximum absolute atomic E-state index is 5.18. The SMILES string of the molecule is Cc1cc(-c2cccc(-n3c4c(c5ccccc53)C=CNC4)n2)ccc1-c1cccc(-n2c3ccccc3c3ccncc32)n1. The molecular formula is C39H28N6. The van der Waals surface area contributed by atoms with E-state index < -0.39 is 0 Å². The minimum atomic E-state index is 0.761. The van der Waals surface area contributed by atoms with Crippen molar-refractivity contribution in [1.82, 2.24) is 29.4 Å². The number of hydrogen-bond acceptors (Lipinski definition) is 4. The van der Waals surface area contributed by atoms with E-state index in [1.807, 2.05) is 18.6 Å². The van der Waals surface area contributed by atoms with E-state index in [1.165, 1.54) is 27.4 Å². The Kier molecular flexibility index (Phi) is 5.68. The van der Waals surface area contributed by atoms with Gasteiger partial charge in [-0.3, -0.25) is 14.1 Å². The molecule has 0 unspecified atom stereocenters. The van der Waals surface area contributed by atoms with E-state index in [1.54, 1.807) is 0 Å². The van der Waals surface area contributed by atoms with Crippen molar-refractivity contribution in [3.05, 3.63) is 145 Å². The second kappa shape index (κ2) is 10.0. The molecule has 0 radical (unpaired) electrons. The summed E-state index contributed by atoms with van der Waals surface area (Å²) in [6, 6.07) is 38.1. The lowest BCUT2D eigenvalue weighted by Gasteiger charge is -2.15. The van der Waals surface area contributed by atoms with Gasteiger partial charge in [-0.05, 0) is 73.3 Å². The smallest absolute Gasteiger partial charge is 0.138 e. The van der Waals surface area contributed by atoms with Crippen LogP contribution >= 0.6 is 0 Å². The molecule has 214 valence electrons. The van der Waals surface area contributed by atoms with Crippen LogP contribution in [0.5, 0.6) is 0 Å². The number of nitrogens with one attached hydrogen (secondary N) is 1. The Balaban J connectivity index is 1.11. The Morgan fingerprint density at radius 3 is 2.20 bits per heavy atom. The number of pyridine rings is 3. The first kappa shape index (κ1) is 25.5. The zero-order chi connectivity index (χ0) is 29.9. The maximum atomic E-state index is 5.18. The lowest BCUT2D eigenvalue weighted by atomic mass is 10.0. The number of hydrogen-bond donors (Lipinski definition) is 1. The molecule has 0 spiro atoms. The van der Waals surface area contributed by atoms with Crippen LogP contribution in [0, 0.1) is 6.92 Å². The number of nitrogens with zero attached hydrogens (tertiary/aromatic N) is 5. The van der Waals surface area contributed by atoms with Crippen LogP contribution in [0.25, 0.3) is 72.9 Å². The molecule has 5 aromatic heterocycles. The van der Waals surface area contributed by atoms with Crippen molar-refractivity contribution in [2.75, 3.05) is 0 Å². The molecule has 1 N–H and O–H groups in total. The second-order valence-electron chi connectivity index (χ2n) is 11.5. The summed E-state index contributed by atoms with van der Waals surface area (Å²) in [4.78, 5) is 14.8. The van der Waals surface area contributed by atoms with Crippen molar-refractivity contribution in [1.29, 1.82) is 0 Å². The van der Waals surface area contributed by atoms with E-state index in [-0.39, 0.29) is 0 Å². The van der Waals surface area contributed by atoms with Gasteiger partial charge < -0.3 is 5.32 Å². The van der Waals surface area contributed by atoms with Crippen LogP contribution < -0.4 is 5.32 Å². The van der Waals surface area contributed by atoms with Gasteiger partial charge in [-0.15, -0.1) is 0 Å². The van der Waals surface area contributed by atoms with Crippen molar-refractivity contribution in [2.24, 2.45) is 0 Å². The molecule has 3 aromatic carbocycles. The number of fused-ring (bicyclic) bond motifs is 6. The normalized spacial score (nSPS) is 12.6. The molecule has 0 atom stereocenters. The molecule has 6 heterocycles. The molecule has 6 heteroatoms. The summed E-state index contributed by atoms with van der Waals surface area (Å²) in [5.41, 5.74) is 11.0. The molecule has 1 aliphatic rings. The molecule has 0 saturated carbocycles. The van der Waals surface area contributed by atoms with E-state index in [0.717, 1.165) is 62.8 Å². The molecule has 8 aromatic rings. The van der Waals surface area contributed by atoms with E-state index in [4.69, 9.17) is 9.97 Å². The first-order chi connectivity index (χ1) is 22.2. The standard InChI is InChI=1S/C39H28N6/c1-25-22-26(32-10-6-14-38(42-32)44-34-12-4-2-8-28(34)30-18-20-40-23-36(30)44)16-17-27(25)33-11-7-15-39(43-33)45-35-13-5-3-9-29(35)31-19-21-41-24-37(31)45/h2-22,24,40H,23H2,1H3. The molecule has 9 rings (SSSR count). The van der Waals surface area contributed by atoms with E-state index >= 15 is 0 Å². The fraction of sp³-hybridized carbons (Fsp3) is 0.0513. The molecular weight excluding hydrogens is 552 g/mol. The average Bonchev–Trinajstić information content (AvgIpc) is 3.62. The van der Waals surface area contributed by atoms with Gasteiger partial charge in [0.25, 0.3) is 0 Å². The summed E-state index contributed by atoms with van der Waals surface area (Å²) in [5.74, 6) is 1.79. The number of aromatic nitrogens is 5. The molecule has 45 heavy (non-hydrogen) atoms. The van der Waals surface area contributed by atoms with Crippen LogP contribution in [0.1, 0.15) is 16.8 Å². The number of para-hydroxylation sites is 2. The monoisotopic (exact) mass is 580 g/mol. The van der Waals surface area contributed by atoms with Crippen LogP contribution in [0.2, 0.25) is 0 Å². The zero-order valence-corrected chi connectivity index (χ0v) is 24.6. The van der Waals surface area contributed by atoms with E-state index in [0.29, 0.717) is 0 Å². The quantitative estimate of drug-likeness (QED) is 0.226. The summed E-state index contributed by atoms with van der Waals surface area (Å²) in [6.45, 7) is 2.91. The van der Waals surface area contributed by atoms with Gasteiger partial charge in [0.15, 0.2) is 0 Å². The van der Waals surface area contributed by atoms with E-state index in [2.05, 4.69) is 142 Å². The summed E-state index contributed by atoms with van der Waals surface area (Å²) >= 11 is 0. The van der Waals surface area contributed by atoms with Crippen molar-refractivity contribution in [2.45, 2.75) is 13.5 Å². The first-order valence-electron chi connectivity index (χ1n) is 15.2. The maximum Gasteiger partial charge on any atom is 0.138 e. The third-order valence-electron chi connectivity index (χ3n) is 8.85. The highest BCUT2D eigenvalue weighted by molar-refractivity contribution is 6.08. The highest BCUT2D eigenvalue weighted by Gasteiger charge is 2.19. The van der Waals surface area contributed by atoms with Gasteiger partial charge in [0, 0.05) is 39.0 Å². The second-order valence-corrected chi connectivity index (χ2v) is 11.5. The Morgan fingerprint density at radius 2 is 1.36 bits per heavy atom. The van der Waals surface area contributed by atoms with Crippen LogP contribution in [0.15, 0.2) is 128 Å². The van der Waals surface area contributed by atoms with Crippen molar-refractivity contribution in [3.8, 4) is 34.2 Å². The Labute approximate surface area is 260 Å². The zero-order valence-electron chi connectivity index (χ0n) is 24.6. The predicted octanol–water partition coefficient (Wildman–Crippen LogP) is 8.63. The third-order valence-corrected chi connectivity index (χ3v) is 8.85. The Morgan fingerprint density at radius 1 is 0.644 bits per heavy atom. The van der Waals surface area contributed by atoms with Gasteiger partial charge >= 0.3 is 0 Å². The largest absolute Gasteiger partial charge is 0.385 e. The van der Waals surface area contributed by atoms with Crippen molar-refractivity contribution >= 4 is 38.8 Å². The fourth-order valence-electron chi connectivity index (χ4n) is 6.82. The molecule has 0 amide bonds. The minimum Gasteiger partial charge on any atom is -0.385 e. The van der Waals surface area contributed by atoms with Crippen LogP contribution in [-0.2, 0) is 6.54 Å². The minimum absolute atomic E-state index is 0.761. The number of benzene rings is 3. The lowest BCUT2D eigenvalue weighted by molar-refractivity contribution is 0.795. The van der Waals surface area contributed by atoms with Gasteiger partial charge in [-0.25, -0.2) is 9.97 Å². The van der Waals surface area contributed by atoms with Crippen molar-refractivity contribution < 1.29 is 0 Å². The lowest BCUT2D eigenvalue weighted by Crippen LogP contribution is -2.14. The van der Waals surface area contributed by atoms with Gasteiger partial charge in [-0.1, -0.05) is 60.7 Å². The summed E-state index contributed by atoms with van der Waals surface area (Å²) in [5, 5.41) is 6.98. The Bertz CT molecular complexity index is 2410. The molecule has 0 bridgehead atoms. The summed E-state index contributed by atoms with van der Waals surface area (Å²) in [6.07, 6.45) is 7.95. The van der Waals surface area contributed by atoms with Crippen LogP contribution in [-0.4, -0.2) is 24.1 Å². The fourth-order valence-corrected chi connectivity index (χ4v) is 6.82. The van der Waals surface area contributed by atoms with Crippen LogP contribution in [0.4, 0.5) is 0 Å². The summed E-state index contributed by atoms with van der Waals surface area (Å²) in [7, 11) is 0. The first-order valence-corrected chi connectivity index (χ1v) is 15.2. The van der Waals surface area contributed by atoms with E-state index in [9.17, 15) is 0 Å². The topological polar surface area (TPSA) is 60.6 Å². The highest BCUT2D eigenvalue weighted by atomic mass is 15.1. The predicted molar refractivity (Wildman–Crippen MR) is 182 cm³/mol. The molecule has 0 aliphatic carbocycles. The van der Waals surface area contributed by atoms with Gasteiger partial charge in [0.2, 0.25) is 0 Å². The van der Waals surface area contributed by atoms with Gasteiger partial charge in [-0.2, -0.15) is 0 Å². The molecule has 6 nitrogen and oxygen atoms in total. The molecule has 1 aliphatic heterocycles. The molecule has 0 fully saturated rings. The van der Waals surface area contributed by atoms with Gasteiger partial charge in [0.05, 0.1) is 46.4 Å².